The summed E-state index contributed by atoms with van der Waals surface area (Å²) >= 11 is 0. The Bertz CT molecular complexity index is 512. The number of imidazole rings is 1. The minimum Gasteiger partial charge on any atom is -0.472 e. The summed E-state index contributed by atoms with van der Waals surface area (Å²) in [6, 6.07) is 2.03. The van der Waals surface area contributed by atoms with Crippen LogP contribution in [0.5, 0.6) is 0 Å². The molecule has 20 heavy (non-hydrogen) atoms. The Morgan fingerprint density at radius 1 is 1.35 bits per heavy atom. The molecule has 1 aliphatic carbocycles. The van der Waals surface area contributed by atoms with Gasteiger partial charge in [0.2, 0.25) is 0 Å². The Morgan fingerprint density at radius 2 is 2.20 bits per heavy atom. The van der Waals surface area contributed by atoms with Crippen molar-refractivity contribution >= 4 is 0 Å². The molecule has 0 radical (unpaired) electrons. The Balaban J connectivity index is 1.77. The number of aliphatic hydroxyl groups excluding tert-OH is 1. The van der Waals surface area contributed by atoms with Crippen LogP contribution in [0.1, 0.15) is 44.6 Å². The summed E-state index contributed by atoms with van der Waals surface area (Å²) in [5.74, 6) is 1.62. The molecular formula is C16H22N2O2. The zero-order chi connectivity index (χ0) is 13.8. The standard InChI is InChI=1S/C16H22N2O2/c19-11-15(10-13-4-2-1-3-5-13)18-8-7-17-16(18)14-6-9-20-12-14/h6-9,12-13,15,19H,1-5,10-11H2/t15-/m0/s1. The van der Waals surface area contributed by atoms with Crippen molar-refractivity contribution < 1.29 is 9.52 Å². The van der Waals surface area contributed by atoms with Crippen LogP contribution in [0, 0.1) is 5.92 Å². The monoisotopic (exact) mass is 274 g/mol. The molecule has 2 heterocycles. The highest BCUT2D eigenvalue weighted by molar-refractivity contribution is 5.53. The molecule has 1 N–H and O–H groups in total. The van der Waals surface area contributed by atoms with Crippen LogP contribution in [0.3, 0.4) is 0 Å². The lowest BCUT2D eigenvalue weighted by Gasteiger charge is -2.27. The Kier molecular flexibility index (Phi) is 4.21. The van der Waals surface area contributed by atoms with E-state index >= 15 is 0 Å². The zero-order valence-corrected chi connectivity index (χ0v) is 11.7. The lowest BCUT2D eigenvalue weighted by Crippen LogP contribution is -2.19. The first-order valence-electron chi connectivity index (χ1n) is 7.54. The molecule has 0 saturated heterocycles. The number of hydrogen-bond acceptors (Lipinski definition) is 3. The van der Waals surface area contributed by atoms with Crippen LogP contribution >= 0.6 is 0 Å². The third-order valence-electron chi connectivity index (χ3n) is 4.38. The van der Waals surface area contributed by atoms with Gasteiger partial charge in [-0.25, -0.2) is 4.98 Å². The molecule has 4 heteroatoms. The maximum Gasteiger partial charge on any atom is 0.143 e. The van der Waals surface area contributed by atoms with E-state index in [2.05, 4.69) is 9.55 Å². The second-order valence-electron chi connectivity index (χ2n) is 5.75. The summed E-state index contributed by atoms with van der Waals surface area (Å²) in [4.78, 5) is 4.41. The van der Waals surface area contributed by atoms with Crippen LogP contribution in [-0.4, -0.2) is 21.3 Å². The van der Waals surface area contributed by atoms with Gasteiger partial charge in [-0.3, -0.25) is 0 Å². The van der Waals surface area contributed by atoms with Gasteiger partial charge in [-0.2, -0.15) is 0 Å². The van der Waals surface area contributed by atoms with Crippen molar-refractivity contribution in [3.63, 3.8) is 0 Å². The second-order valence-corrected chi connectivity index (χ2v) is 5.75. The van der Waals surface area contributed by atoms with E-state index in [0.717, 1.165) is 23.7 Å². The number of nitrogens with zero attached hydrogens (tertiary/aromatic N) is 2. The van der Waals surface area contributed by atoms with Crippen molar-refractivity contribution in [2.45, 2.75) is 44.6 Å². The smallest absolute Gasteiger partial charge is 0.143 e. The van der Waals surface area contributed by atoms with Gasteiger partial charge in [-0.1, -0.05) is 32.1 Å². The maximum absolute atomic E-state index is 9.78. The van der Waals surface area contributed by atoms with Gasteiger partial charge < -0.3 is 14.1 Å². The molecule has 4 nitrogen and oxygen atoms in total. The Labute approximate surface area is 119 Å². The first-order valence-corrected chi connectivity index (χ1v) is 7.54. The van der Waals surface area contributed by atoms with Crippen molar-refractivity contribution in [3.05, 3.63) is 31.0 Å². The predicted molar refractivity (Wildman–Crippen MR) is 77.2 cm³/mol. The SMILES string of the molecule is OC[C@H](CC1CCCCC1)n1ccnc1-c1ccoc1. The number of rotatable bonds is 5. The molecule has 2 aromatic rings. The van der Waals surface area contributed by atoms with Gasteiger partial charge in [0.1, 0.15) is 12.1 Å². The fourth-order valence-corrected chi connectivity index (χ4v) is 3.31. The number of hydrogen-bond donors (Lipinski definition) is 1. The minimum atomic E-state index is 0.116. The summed E-state index contributed by atoms with van der Waals surface area (Å²) in [7, 11) is 0. The van der Waals surface area contributed by atoms with Crippen molar-refractivity contribution in [2.24, 2.45) is 5.92 Å². The zero-order valence-electron chi connectivity index (χ0n) is 11.7. The normalized spacial score (nSPS) is 18.2. The summed E-state index contributed by atoms with van der Waals surface area (Å²) in [5.41, 5.74) is 0.970. The van der Waals surface area contributed by atoms with E-state index in [1.165, 1.54) is 32.1 Å². The molecule has 1 aliphatic rings. The summed E-state index contributed by atoms with van der Waals surface area (Å²) < 4.78 is 7.24. The van der Waals surface area contributed by atoms with E-state index in [4.69, 9.17) is 4.42 Å². The van der Waals surface area contributed by atoms with Gasteiger partial charge in [-0.15, -0.1) is 0 Å². The molecule has 1 fully saturated rings. The highest BCUT2D eigenvalue weighted by atomic mass is 16.3. The van der Waals surface area contributed by atoms with Crippen LogP contribution in [-0.2, 0) is 0 Å². The number of aromatic nitrogens is 2. The van der Waals surface area contributed by atoms with Crippen LogP contribution in [0.15, 0.2) is 35.4 Å². The molecule has 0 aromatic carbocycles. The lowest BCUT2D eigenvalue weighted by molar-refractivity contribution is 0.189. The molecule has 1 saturated carbocycles. The van der Waals surface area contributed by atoms with E-state index in [9.17, 15) is 5.11 Å². The third kappa shape index (κ3) is 2.80. The predicted octanol–water partition coefficient (Wildman–Crippen LogP) is 3.65. The van der Waals surface area contributed by atoms with Gasteiger partial charge in [0.05, 0.1) is 24.5 Å². The molecule has 3 rings (SSSR count). The molecule has 0 bridgehead atoms. The quantitative estimate of drug-likeness (QED) is 0.905. The minimum absolute atomic E-state index is 0.116. The van der Waals surface area contributed by atoms with Crippen LogP contribution < -0.4 is 0 Å². The summed E-state index contributed by atoms with van der Waals surface area (Å²) in [5, 5.41) is 9.78. The van der Waals surface area contributed by atoms with Gasteiger partial charge in [0.25, 0.3) is 0 Å². The first-order chi connectivity index (χ1) is 9.88. The molecule has 0 spiro atoms. The highest BCUT2D eigenvalue weighted by Crippen LogP contribution is 2.32. The van der Waals surface area contributed by atoms with E-state index in [1.54, 1.807) is 18.7 Å². The molecule has 1 atom stereocenters. The van der Waals surface area contributed by atoms with Gasteiger partial charge in [0, 0.05) is 12.4 Å². The van der Waals surface area contributed by atoms with Gasteiger partial charge in [0.15, 0.2) is 0 Å². The summed E-state index contributed by atoms with van der Waals surface area (Å²) in [6.07, 6.45) is 14.8. The van der Waals surface area contributed by atoms with Gasteiger partial charge >= 0.3 is 0 Å². The average molecular weight is 274 g/mol. The Morgan fingerprint density at radius 3 is 2.90 bits per heavy atom. The fraction of sp³-hybridized carbons (Fsp3) is 0.562. The first kappa shape index (κ1) is 13.4. The Hall–Kier alpha value is -1.55. The molecule has 108 valence electrons. The second kappa shape index (κ2) is 6.27. The lowest BCUT2D eigenvalue weighted by atomic mass is 9.85. The molecule has 2 aromatic heterocycles. The van der Waals surface area contributed by atoms with Crippen molar-refractivity contribution in [1.29, 1.82) is 0 Å². The van der Waals surface area contributed by atoms with E-state index in [1.807, 2.05) is 12.3 Å². The van der Waals surface area contributed by atoms with E-state index in [0.29, 0.717) is 0 Å². The largest absolute Gasteiger partial charge is 0.472 e. The molecular weight excluding hydrogens is 252 g/mol. The summed E-state index contributed by atoms with van der Waals surface area (Å²) in [6.45, 7) is 0.164. The van der Waals surface area contributed by atoms with Crippen LogP contribution in [0.4, 0.5) is 0 Å². The molecule has 0 amide bonds. The fourth-order valence-electron chi connectivity index (χ4n) is 3.31. The van der Waals surface area contributed by atoms with Crippen LogP contribution in [0.2, 0.25) is 0 Å². The van der Waals surface area contributed by atoms with Crippen LogP contribution in [0.25, 0.3) is 11.4 Å². The van der Waals surface area contributed by atoms with E-state index < -0.39 is 0 Å². The number of aliphatic hydroxyl groups is 1. The highest BCUT2D eigenvalue weighted by Gasteiger charge is 2.21. The maximum atomic E-state index is 9.78. The van der Waals surface area contributed by atoms with Gasteiger partial charge in [-0.05, 0) is 18.4 Å². The van der Waals surface area contributed by atoms with E-state index in [-0.39, 0.29) is 12.6 Å². The van der Waals surface area contributed by atoms with Crippen molar-refractivity contribution in [1.82, 2.24) is 9.55 Å². The number of furan rings is 1. The van der Waals surface area contributed by atoms with Crippen molar-refractivity contribution in [3.8, 4) is 11.4 Å². The average Bonchev–Trinajstić information content (AvgIpc) is 3.16. The molecule has 0 aliphatic heterocycles. The van der Waals surface area contributed by atoms with Crippen molar-refractivity contribution in [2.75, 3.05) is 6.61 Å². The third-order valence-corrected chi connectivity index (χ3v) is 4.38. The topological polar surface area (TPSA) is 51.2 Å². The molecule has 0 unspecified atom stereocenters.